The van der Waals surface area contributed by atoms with Crippen molar-refractivity contribution in [1.29, 1.82) is 0 Å². The minimum atomic E-state index is -3.51. The zero-order valence-corrected chi connectivity index (χ0v) is 13.3. The highest BCUT2D eigenvalue weighted by atomic mass is 32.2. The third kappa shape index (κ3) is 4.04. The first-order valence-corrected chi connectivity index (χ1v) is 8.75. The van der Waals surface area contributed by atoms with Crippen molar-refractivity contribution in [3.8, 4) is 0 Å². The van der Waals surface area contributed by atoms with Crippen LogP contribution >= 0.6 is 0 Å². The van der Waals surface area contributed by atoms with E-state index in [-0.39, 0.29) is 10.8 Å². The number of rotatable bonds is 5. The SMILES string of the molecule is CNS(=O)(=O)c1cc(NC(=O)CC2CCCC2)ccc1C. The van der Waals surface area contributed by atoms with Gasteiger partial charge in [0.25, 0.3) is 0 Å². The average molecular weight is 310 g/mol. The van der Waals surface area contributed by atoms with Gasteiger partial charge in [0.2, 0.25) is 15.9 Å². The second-order valence-electron chi connectivity index (χ2n) is 5.59. The number of aryl methyl sites for hydroxylation is 1. The summed E-state index contributed by atoms with van der Waals surface area (Å²) in [6.45, 7) is 1.73. The monoisotopic (exact) mass is 310 g/mol. The van der Waals surface area contributed by atoms with Crippen molar-refractivity contribution in [2.75, 3.05) is 12.4 Å². The molecule has 1 aromatic rings. The highest BCUT2D eigenvalue weighted by Crippen LogP contribution is 2.28. The van der Waals surface area contributed by atoms with Crippen molar-refractivity contribution in [3.05, 3.63) is 23.8 Å². The summed E-state index contributed by atoms with van der Waals surface area (Å²) >= 11 is 0. The van der Waals surface area contributed by atoms with Crippen LogP contribution in [0.4, 0.5) is 5.69 Å². The van der Waals surface area contributed by atoms with Crippen molar-refractivity contribution >= 4 is 21.6 Å². The molecule has 1 aliphatic carbocycles. The maximum atomic E-state index is 12.0. The van der Waals surface area contributed by atoms with Gasteiger partial charge in [-0.2, -0.15) is 0 Å². The Morgan fingerprint density at radius 1 is 1.29 bits per heavy atom. The van der Waals surface area contributed by atoms with Gasteiger partial charge in [0.05, 0.1) is 4.90 Å². The molecule has 5 nitrogen and oxygen atoms in total. The maximum absolute atomic E-state index is 12.0. The van der Waals surface area contributed by atoms with Crippen LogP contribution in [0.1, 0.15) is 37.7 Å². The molecule has 0 bridgehead atoms. The second-order valence-corrected chi connectivity index (χ2v) is 7.45. The molecule has 0 radical (unpaired) electrons. The Morgan fingerprint density at radius 2 is 1.95 bits per heavy atom. The fourth-order valence-electron chi connectivity index (χ4n) is 2.77. The van der Waals surface area contributed by atoms with E-state index in [1.54, 1.807) is 19.1 Å². The number of amides is 1. The van der Waals surface area contributed by atoms with E-state index >= 15 is 0 Å². The summed E-state index contributed by atoms with van der Waals surface area (Å²) in [4.78, 5) is 12.2. The Labute approximate surface area is 126 Å². The van der Waals surface area contributed by atoms with E-state index in [4.69, 9.17) is 0 Å². The molecule has 0 atom stereocenters. The van der Waals surface area contributed by atoms with Crippen molar-refractivity contribution in [3.63, 3.8) is 0 Å². The summed E-state index contributed by atoms with van der Waals surface area (Å²) in [5, 5.41) is 2.80. The summed E-state index contributed by atoms with van der Waals surface area (Å²) < 4.78 is 26.1. The quantitative estimate of drug-likeness (QED) is 0.877. The molecule has 1 amide bonds. The molecule has 2 rings (SSSR count). The van der Waals surface area contributed by atoms with Crippen molar-refractivity contribution in [2.24, 2.45) is 5.92 Å². The highest BCUT2D eigenvalue weighted by Gasteiger charge is 2.19. The van der Waals surface area contributed by atoms with Crippen LogP contribution in [0.15, 0.2) is 23.1 Å². The highest BCUT2D eigenvalue weighted by molar-refractivity contribution is 7.89. The molecule has 6 heteroatoms. The molecule has 0 unspecified atom stereocenters. The van der Waals surface area contributed by atoms with Gasteiger partial charge in [-0.05, 0) is 50.4 Å². The van der Waals surface area contributed by atoms with E-state index < -0.39 is 10.0 Å². The fraction of sp³-hybridized carbons (Fsp3) is 0.533. The Morgan fingerprint density at radius 3 is 2.57 bits per heavy atom. The summed E-state index contributed by atoms with van der Waals surface area (Å²) in [5.41, 5.74) is 1.18. The van der Waals surface area contributed by atoms with E-state index in [0.717, 1.165) is 12.8 Å². The van der Waals surface area contributed by atoms with Gasteiger partial charge >= 0.3 is 0 Å². The van der Waals surface area contributed by atoms with Crippen LogP contribution in [-0.4, -0.2) is 21.4 Å². The molecule has 0 aromatic heterocycles. The van der Waals surface area contributed by atoms with Gasteiger partial charge in [-0.25, -0.2) is 13.1 Å². The van der Waals surface area contributed by atoms with Gasteiger partial charge in [-0.15, -0.1) is 0 Å². The first-order valence-electron chi connectivity index (χ1n) is 7.26. The van der Waals surface area contributed by atoms with Crippen LogP contribution in [0.2, 0.25) is 0 Å². The number of carbonyl (C=O) groups is 1. The smallest absolute Gasteiger partial charge is 0.240 e. The van der Waals surface area contributed by atoms with Crippen LogP contribution in [0.5, 0.6) is 0 Å². The van der Waals surface area contributed by atoms with Gasteiger partial charge < -0.3 is 5.32 Å². The summed E-state index contributed by atoms with van der Waals surface area (Å²) in [5.74, 6) is 0.425. The van der Waals surface area contributed by atoms with E-state index in [1.165, 1.54) is 26.0 Å². The lowest BCUT2D eigenvalue weighted by Gasteiger charge is -2.12. The predicted octanol–water partition coefficient (Wildman–Crippen LogP) is 2.42. The number of carbonyl (C=O) groups excluding carboxylic acids is 1. The molecule has 21 heavy (non-hydrogen) atoms. The Hall–Kier alpha value is -1.40. The minimum Gasteiger partial charge on any atom is -0.326 e. The summed E-state index contributed by atoms with van der Waals surface area (Å²) in [7, 11) is -2.14. The van der Waals surface area contributed by atoms with Crippen molar-refractivity contribution in [1.82, 2.24) is 4.72 Å². The largest absolute Gasteiger partial charge is 0.326 e. The molecule has 2 N–H and O–H groups in total. The van der Waals surface area contributed by atoms with Crippen molar-refractivity contribution < 1.29 is 13.2 Å². The first kappa shape index (κ1) is 16.0. The standard InChI is InChI=1S/C15H22N2O3S/c1-11-7-8-13(10-14(11)21(19,20)16-2)17-15(18)9-12-5-3-4-6-12/h7-8,10,12,16H,3-6,9H2,1-2H3,(H,17,18). The Bertz CT molecular complexity index is 620. The Kier molecular flexibility index (Phi) is 5.00. The lowest BCUT2D eigenvalue weighted by atomic mass is 10.0. The molecule has 0 spiro atoms. The van der Waals surface area contributed by atoms with Gasteiger partial charge in [0.1, 0.15) is 0 Å². The number of hydrogen-bond acceptors (Lipinski definition) is 3. The molecular weight excluding hydrogens is 288 g/mol. The van der Waals surface area contributed by atoms with E-state index in [2.05, 4.69) is 10.0 Å². The van der Waals surface area contributed by atoms with Crippen LogP contribution in [-0.2, 0) is 14.8 Å². The normalized spacial score (nSPS) is 16.1. The van der Waals surface area contributed by atoms with Gasteiger partial charge in [0, 0.05) is 12.1 Å². The van der Waals surface area contributed by atoms with Crippen molar-refractivity contribution in [2.45, 2.75) is 43.9 Å². The maximum Gasteiger partial charge on any atom is 0.240 e. The van der Waals surface area contributed by atoms with Gasteiger partial charge in [-0.1, -0.05) is 18.9 Å². The number of benzene rings is 1. The van der Waals surface area contributed by atoms with E-state index in [1.807, 2.05) is 0 Å². The molecule has 1 aromatic carbocycles. The average Bonchev–Trinajstić information content (AvgIpc) is 2.93. The van der Waals surface area contributed by atoms with Crippen LogP contribution in [0.3, 0.4) is 0 Å². The lowest BCUT2D eigenvalue weighted by molar-refractivity contribution is -0.117. The molecule has 0 aliphatic heterocycles. The molecule has 1 aliphatic rings. The number of anilines is 1. The van der Waals surface area contributed by atoms with E-state index in [0.29, 0.717) is 23.6 Å². The van der Waals surface area contributed by atoms with Crippen LogP contribution in [0.25, 0.3) is 0 Å². The third-order valence-corrected chi connectivity index (χ3v) is 5.54. The molecular formula is C15H22N2O3S. The summed E-state index contributed by atoms with van der Waals surface area (Å²) in [6.07, 6.45) is 5.14. The number of sulfonamides is 1. The molecule has 1 saturated carbocycles. The number of nitrogens with one attached hydrogen (secondary N) is 2. The Balaban J connectivity index is 2.10. The molecule has 116 valence electrons. The zero-order valence-electron chi connectivity index (χ0n) is 12.5. The second kappa shape index (κ2) is 6.58. The van der Waals surface area contributed by atoms with Gasteiger partial charge in [-0.3, -0.25) is 4.79 Å². The van der Waals surface area contributed by atoms with E-state index in [9.17, 15) is 13.2 Å². The molecule has 1 fully saturated rings. The molecule has 0 heterocycles. The van der Waals surface area contributed by atoms with Crippen LogP contribution in [0, 0.1) is 12.8 Å². The minimum absolute atomic E-state index is 0.0430. The zero-order chi connectivity index (χ0) is 15.5. The third-order valence-electron chi connectivity index (χ3n) is 3.98. The predicted molar refractivity (Wildman–Crippen MR) is 82.6 cm³/mol. The van der Waals surface area contributed by atoms with Gasteiger partial charge in [0.15, 0.2) is 0 Å². The van der Waals surface area contributed by atoms with Crippen LogP contribution < -0.4 is 10.0 Å². The first-order chi connectivity index (χ1) is 9.92. The lowest BCUT2D eigenvalue weighted by Crippen LogP contribution is -2.20. The molecule has 0 saturated heterocycles. The summed E-state index contributed by atoms with van der Waals surface area (Å²) in [6, 6.07) is 4.94. The fourth-order valence-corrected chi connectivity index (χ4v) is 3.76. The number of hydrogen-bond donors (Lipinski definition) is 2. The topological polar surface area (TPSA) is 75.3 Å².